The minimum Gasteiger partial charge on any atom is -0.493 e. The summed E-state index contributed by atoms with van der Waals surface area (Å²) in [5.74, 6) is 0.238. The maximum Gasteiger partial charge on any atom is 0.244 e. The van der Waals surface area contributed by atoms with Crippen LogP contribution in [0.2, 0.25) is 0 Å². The number of ether oxygens (including phenoxy) is 2. The Bertz CT molecular complexity index is 625. The van der Waals surface area contributed by atoms with Crippen LogP contribution < -0.4 is 9.47 Å². The van der Waals surface area contributed by atoms with Crippen molar-refractivity contribution in [2.24, 2.45) is 0 Å². The summed E-state index contributed by atoms with van der Waals surface area (Å²) < 4.78 is 10.3. The molecule has 1 aromatic heterocycles. The minimum atomic E-state index is -0.699. The van der Waals surface area contributed by atoms with Gasteiger partial charge in [0.15, 0.2) is 17.8 Å². The molecule has 0 aliphatic heterocycles. The Labute approximate surface area is 103 Å². The van der Waals surface area contributed by atoms with Gasteiger partial charge in [-0.3, -0.25) is 9.59 Å². The van der Waals surface area contributed by atoms with Crippen molar-refractivity contribution in [2.45, 2.75) is 0 Å². The summed E-state index contributed by atoms with van der Waals surface area (Å²) in [6.07, 6.45) is 1.45. The number of hydrogen-bond donors (Lipinski definition) is 0. The van der Waals surface area contributed by atoms with Gasteiger partial charge < -0.3 is 9.47 Å². The number of aldehydes is 1. The Morgan fingerprint density at radius 3 is 2.44 bits per heavy atom. The lowest BCUT2D eigenvalue weighted by Gasteiger charge is -2.09. The van der Waals surface area contributed by atoms with Gasteiger partial charge in [0.2, 0.25) is 5.78 Å². The Hall–Kier alpha value is -2.50. The van der Waals surface area contributed by atoms with Gasteiger partial charge in [0.25, 0.3) is 0 Å². The largest absolute Gasteiger partial charge is 0.493 e. The summed E-state index contributed by atoms with van der Waals surface area (Å²) in [4.78, 5) is 29.9. The lowest BCUT2D eigenvalue weighted by Crippen LogP contribution is -2.05. The molecular weight excluding hydrogens is 236 g/mol. The molecule has 0 saturated heterocycles. The fraction of sp³-hybridized carbons (Fsp3) is 0.167. The van der Waals surface area contributed by atoms with E-state index in [2.05, 4.69) is 9.97 Å². The van der Waals surface area contributed by atoms with Crippen molar-refractivity contribution < 1.29 is 19.1 Å². The van der Waals surface area contributed by atoms with Crippen LogP contribution in [0.3, 0.4) is 0 Å². The molecule has 0 N–H and O–H groups in total. The average Bonchev–Trinajstić information content (AvgIpc) is 2.44. The number of hydrogen-bond acceptors (Lipinski definition) is 6. The Morgan fingerprint density at radius 1 is 1.17 bits per heavy atom. The molecule has 2 rings (SSSR count). The number of carbonyl (C=O) groups excluding carboxylic acids is 2. The third-order valence-corrected chi connectivity index (χ3v) is 2.48. The molecule has 0 unspecified atom stereocenters. The molecule has 0 amide bonds. The van der Waals surface area contributed by atoms with Gasteiger partial charge in [-0.25, -0.2) is 9.97 Å². The van der Waals surface area contributed by atoms with E-state index in [0.29, 0.717) is 22.4 Å². The maximum atomic E-state index is 11.5. The van der Waals surface area contributed by atoms with Gasteiger partial charge in [-0.2, -0.15) is 0 Å². The van der Waals surface area contributed by atoms with E-state index in [1.165, 1.54) is 20.5 Å². The van der Waals surface area contributed by atoms with E-state index in [9.17, 15) is 9.59 Å². The second kappa shape index (κ2) is 4.79. The summed E-state index contributed by atoms with van der Waals surface area (Å²) >= 11 is 0. The summed E-state index contributed by atoms with van der Waals surface area (Å²) in [6.45, 7) is 0. The summed E-state index contributed by atoms with van der Waals surface area (Å²) in [5, 5.41) is 0.451. The van der Waals surface area contributed by atoms with E-state index >= 15 is 0 Å². The zero-order valence-corrected chi connectivity index (χ0v) is 9.84. The van der Waals surface area contributed by atoms with Gasteiger partial charge >= 0.3 is 0 Å². The molecule has 6 heteroatoms. The number of aromatic nitrogens is 2. The van der Waals surface area contributed by atoms with Crippen LogP contribution in [0.25, 0.3) is 10.9 Å². The molecule has 1 aromatic carbocycles. The molecule has 92 valence electrons. The van der Waals surface area contributed by atoms with Gasteiger partial charge in [0.1, 0.15) is 12.0 Å². The Balaban J connectivity index is 2.76. The first-order chi connectivity index (χ1) is 8.71. The summed E-state index contributed by atoms with van der Waals surface area (Å²) in [6, 6.07) is 3.20. The predicted molar refractivity (Wildman–Crippen MR) is 63.0 cm³/mol. The van der Waals surface area contributed by atoms with Crippen LogP contribution in [0.5, 0.6) is 11.5 Å². The van der Waals surface area contributed by atoms with Crippen molar-refractivity contribution in [3.05, 3.63) is 24.2 Å². The number of fused-ring (bicyclic) bond motifs is 1. The van der Waals surface area contributed by atoms with Crippen LogP contribution in [0.1, 0.15) is 10.5 Å². The zero-order chi connectivity index (χ0) is 13.1. The molecule has 0 atom stereocenters. The van der Waals surface area contributed by atoms with Crippen LogP contribution in [0, 0.1) is 0 Å². The summed E-state index contributed by atoms with van der Waals surface area (Å²) in [7, 11) is 2.98. The maximum absolute atomic E-state index is 11.5. The molecule has 6 nitrogen and oxygen atoms in total. The van der Waals surface area contributed by atoms with Crippen LogP contribution in [0.15, 0.2) is 18.5 Å². The second-order valence-electron chi connectivity index (χ2n) is 3.43. The van der Waals surface area contributed by atoms with Crippen molar-refractivity contribution in [3.63, 3.8) is 0 Å². The molecule has 2 aromatic rings. The highest BCUT2D eigenvalue weighted by Crippen LogP contribution is 2.32. The molecule has 0 fully saturated rings. The van der Waals surface area contributed by atoms with E-state index in [1.807, 2.05) is 0 Å². The second-order valence-corrected chi connectivity index (χ2v) is 3.43. The highest BCUT2D eigenvalue weighted by molar-refractivity contribution is 6.35. The van der Waals surface area contributed by atoms with Crippen molar-refractivity contribution in [3.8, 4) is 11.5 Å². The quantitative estimate of drug-likeness (QED) is 0.455. The Morgan fingerprint density at radius 2 is 1.83 bits per heavy atom. The third kappa shape index (κ3) is 1.88. The van der Waals surface area contributed by atoms with Gasteiger partial charge in [0, 0.05) is 11.5 Å². The normalized spacial score (nSPS) is 10.1. The lowest BCUT2D eigenvalue weighted by atomic mass is 10.1. The number of benzene rings is 1. The van der Waals surface area contributed by atoms with Gasteiger partial charge in [-0.05, 0) is 6.07 Å². The van der Waals surface area contributed by atoms with E-state index in [-0.39, 0.29) is 12.0 Å². The topological polar surface area (TPSA) is 78.4 Å². The van der Waals surface area contributed by atoms with Crippen molar-refractivity contribution >= 4 is 23.0 Å². The number of nitrogens with zero attached hydrogens (tertiary/aromatic N) is 2. The zero-order valence-electron chi connectivity index (χ0n) is 9.84. The van der Waals surface area contributed by atoms with Crippen molar-refractivity contribution in [2.75, 3.05) is 14.2 Å². The first kappa shape index (κ1) is 12.0. The smallest absolute Gasteiger partial charge is 0.244 e. The number of Topliss-reactive ketones (excluding diaryl/α,β-unsaturated/α-hetero) is 1. The molecule has 0 spiro atoms. The van der Waals surface area contributed by atoms with E-state index < -0.39 is 5.78 Å². The lowest BCUT2D eigenvalue weighted by molar-refractivity contribution is -0.104. The van der Waals surface area contributed by atoms with Crippen molar-refractivity contribution in [1.82, 2.24) is 9.97 Å². The van der Waals surface area contributed by atoms with Gasteiger partial charge in [0.05, 0.1) is 19.7 Å². The first-order valence-electron chi connectivity index (χ1n) is 5.07. The first-order valence-corrected chi connectivity index (χ1v) is 5.07. The molecule has 0 aliphatic carbocycles. The Kier molecular flexibility index (Phi) is 3.18. The third-order valence-electron chi connectivity index (χ3n) is 2.48. The van der Waals surface area contributed by atoms with E-state index in [1.54, 1.807) is 12.1 Å². The van der Waals surface area contributed by atoms with Crippen molar-refractivity contribution in [1.29, 1.82) is 0 Å². The van der Waals surface area contributed by atoms with E-state index in [4.69, 9.17) is 9.47 Å². The number of ketones is 1. The molecule has 18 heavy (non-hydrogen) atoms. The van der Waals surface area contributed by atoms with Crippen LogP contribution >= 0.6 is 0 Å². The average molecular weight is 246 g/mol. The number of methoxy groups -OCH3 is 2. The minimum absolute atomic E-state index is 0.0518. The predicted octanol–water partition coefficient (Wildman–Crippen LogP) is 1.03. The standard InChI is InChI=1S/C12H10N2O4/c1-17-10-3-7-8(4-11(10)18-2)13-6-14-12(7)9(16)5-15/h3-6H,1-2H3. The molecular formula is C12H10N2O4. The van der Waals surface area contributed by atoms with E-state index in [0.717, 1.165) is 0 Å². The number of carbonyl (C=O) groups is 2. The monoisotopic (exact) mass is 246 g/mol. The molecule has 0 saturated carbocycles. The highest BCUT2D eigenvalue weighted by atomic mass is 16.5. The molecule has 0 radical (unpaired) electrons. The van der Waals surface area contributed by atoms with Crippen LogP contribution in [0.4, 0.5) is 0 Å². The van der Waals surface area contributed by atoms with Crippen LogP contribution in [-0.2, 0) is 4.79 Å². The fourth-order valence-electron chi connectivity index (χ4n) is 1.64. The SMILES string of the molecule is COc1cc2ncnc(C(=O)C=O)c2cc1OC. The van der Waals surface area contributed by atoms with Crippen LogP contribution in [-0.4, -0.2) is 36.3 Å². The number of rotatable bonds is 4. The molecule has 0 bridgehead atoms. The fourth-order valence-corrected chi connectivity index (χ4v) is 1.64. The highest BCUT2D eigenvalue weighted by Gasteiger charge is 2.15. The molecule has 0 aliphatic rings. The van der Waals surface area contributed by atoms with Gasteiger partial charge in [-0.15, -0.1) is 0 Å². The summed E-state index contributed by atoms with van der Waals surface area (Å²) in [5.41, 5.74) is 0.559. The molecule has 1 heterocycles. The van der Waals surface area contributed by atoms with Gasteiger partial charge in [-0.1, -0.05) is 0 Å².